The van der Waals surface area contributed by atoms with Gasteiger partial charge in [0.15, 0.2) is 5.60 Å². The second kappa shape index (κ2) is 4.98. The minimum atomic E-state index is -1.78. The molecule has 17 heavy (non-hydrogen) atoms. The Morgan fingerprint density at radius 3 is 2.29 bits per heavy atom. The van der Waals surface area contributed by atoms with Gasteiger partial charge < -0.3 is 10.8 Å². The van der Waals surface area contributed by atoms with E-state index < -0.39 is 27.6 Å². The molecule has 0 fully saturated rings. The lowest BCUT2D eigenvalue weighted by Crippen LogP contribution is -2.51. The van der Waals surface area contributed by atoms with Gasteiger partial charge in [0, 0.05) is 4.90 Å². The van der Waals surface area contributed by atoms with Gasteiger partial charge in [-0.15, -0.1) is 0 Å². The lowest BCUT2D eigenvalue weighted by atomic mass is 10.0. The predicted octanol–water partition coefficient (Wildman–Crippen LogP) is 0.727. The summed E-state index contributed by atoms with van der Waals surface area (Å²) < 4.78 is 12.2. The monoisotopic (exact) mass is 255 g/mol. The van der Waals surface area contributed by atoms with Crippen molar-refractivity contribution in [2.24, 2.45) is 5.73 Å². The van der Waals surface area contributed by atoms with Crippen LogP contribution in [0.4, 0.5) is 0 Å². The normalized spacial score (nSPS) is 18.1. The van der Waals surface area contributed by atoms with E-state index in [-0.39, 0.29) is 0 Å². The Morgan fingerprint density at radius 2 is 1.88 bits per heavy atom. The number of amides is 1. The van der Waals surface area contributed by atoms with Gasteiger partial charge in [0.1, 0.15) is 0 Å². The van der Waals surface area contributed by atoms with Gasteiger partial charge in [0.25, 0.3) is 0 Å². The molecule has 94 valence electrons. The molecule has 0 heterocycles. The first kappa shape index (κ1) is 13.9. The lowest BCUT2D eigenvalue weighted by Gasteiger charge is -2.26. The molecule has 1 amide bonds. The second-order valence-corrected chi connectivity index (χ2v) is 6.04. The molecule has 0 saturated heterocycles. The fourth-order valence-corrected chi connectivity index (χ4v) is 2.63. The van der Waals surface area contributed by atoms with Gasteiger partial charge in [-0.25, -0.2) is 0 Å². The van der Waals surface area contributed by atoms with E-state index in [1.807, 2.05) is 19.1 Å². The molecule has 0 radical (unpaired) electrons. The molecule has 3 N–H and O–H groups in total. The fourth-order valence-electron chi connectivity index (χ4n) is 1.29. The van der Waals surface area contributed by atoms with Crippen LogP contribution in [0.25, 0.3) is 0 Å². The van der Waals surface area contributed by atoms with Crippen LogP contribution in [-0.4, -0.2) is 26.1 Å². The summed E-state index contributed by atoms with van der Waals surface area (Å²) in [6.45, 7) is 4.75. The molecular weight excluding hydrogens is 238 g/mol. The third-order valence-corrected chi connectivity index (χ3v) is 4.70. The fraction of sp³-hybridized carbons (Fsp3) is 0.417. The zero-order valence-corrected chi connectivity index (χ0v) is 11.0. The van der Waals surface area contributed by atoms with E-state index in [1.54, 1.807) is 19.1 Å². The lowest BCUT2D eigenvalue weighted by molar-refractivity contribution is -0.134. The molecule has 1 rings (SSSR count). The predicted molar refractivity (Wildman–Crippen MR) is 66.9 cm³/mol. The zero-order valence-electron chi connectivity index (χ0n) is 10.1. The summed E-state index contributed by atoms with van der Waals surface area (Å²) in [6, 6.07) is 7.11. The molecule has 1 aromatic rings. The van der Waals surface area contributed by atoms with E-state index >= 15 is 0 Å². The van der Waals surface area contributed by atoms with Crippen molar-refractivity contribution >= 4 is 16.7 Å². The first-order valence-electron chi connectivity index (χ1n) is 5.26. The van der Waals surface area contributed by atoms with Crippen LogP contribution in [0.3, 0.4) is 0 Å². The van der Waals surface area contributed by atoms with E-state index in [0.29, 0.717) is 4.90 Å². The zero-order chi connectivity index (χ0) is 13.2. The number of benzene rings is 1. The van der Waals surface area contributed by atoms with E-state index in [4.69, 9.17) is 5.73 Å². The number of rotatable bonds is 4. The topological polar surface area (TPSA) is 80.4 Å². The molecule has 5 heteroatoms. The standard InChI is InChI=1S/C12H17NO3S/c1-8-4-6-10(7-5-8)17(16)9(2)12(3,15)11(13)14/h4-7,9,15H,1-3H3,(H2,13,14)/t9-,12+,17?/m0/s1. The number of hydrogen-bond donors (Lipinski definition) is 2. The third-order valence-electron chi connectivity index (χ3n) is 2.86. The molecule has 1 aromatic carbocycles. The van der Waals surface area contributed by atoms with Crippen LogP contribution in [0.1, 0.15) is 19.4 Å². The maximum absolute atomic E-state index is 12.2. The molecular formula is C12H17NO3S. The van der Waals surface area contributed by atoms with Gasteiger partial charge in [-0.1, -0.05) is 17.7 Å². The Hall–Kier alpha value is -1.20. The molecule has 0 aliphatic carbocycles. The van der Waals surface area contributed by atoms with Crippen LogP contribution in [0.15, 0.2) is 29.2 Å². The highest BCUT2D eigenvalue weighted by Crippen LogP contribution is 2.21. The molecule has 1 unspecified atom stereocenters. The van der Waals surface area contributed by atoms with Crippen LogP contribution in [-0.2, 0) is 15.6 Å². The number of carbonyl (C=O) groups is 1. The molecule has 4 nitrogen and oxygen atoms in total. The van der Waals surface area contributed by atoms with Crippen molar-refractivity contribution in [3.63, 3.8) is 0 Å². The Kier molecular flexibility index (Phi) is 4.06. The van der Waals surface area contributed by atoms with Crippen LogP contribution in [0, 0.1) is 6.92 Å². The summed E-state index contributed by atoms with van der Waals surface area (Å²) in [6.07, 6.45) is 0. The van der Waals surface area contributed by atoms with Crippen molar-refractivity contribution in [3.8, 4) is 0 Å². The van der Waals surface area contributed by atoms with Gasteiger partial charge >= 0.3 is 0 Å². The maximum atomic E-state index is 12.2. The average molecular weight is 255 g/mol. The Morgan fingerprint density at radius 1 is 1.41 bits per heavy atom. The van der Waals surface area contributed by atoms with Crippen molar-refractivity contribution in [3.05, 3.63) is 29.8 Å². The van der Waals surface area contributed by atoms with Crippen LogP contribution < -0.4 is 5.73 Å². The summed E-state index contributed by atoms with van der Waals surface area (Å²) in [5.41, 5.74) is 4.36. The van der Waals surface area contributed by atoms with Gasteiger partial charge in [0.05, 0.1) is 16.0 Å². The molecule has 0 aliphatic heterocycles. The van der Waals surface area contributed by atoms with Gasteiger partial charge in [0.2, 0.25) is 5.91 Å². The quantitative estimate of drug-likeness (QED) is 0.832. The molecule has 0 spiro atoms. The highest BCUT2D eigenvalue weighted by atomic mass is 32.2. The maximum Gasteiger partial charge on any atom is 0.250 e. The Bertz CT molecular complexity index is 440. The smallest absolute Gasteiger partial charge is 0.250 e. The van der Waals surface area contributed by atoms with Crippen molar-refractivity contribution in [1.82, 2.24) is 0 Å². The highest BCUT2D eigenvalue weighted by molar-refractivity contribution is 7.85. The van der Waals surface area contributed by atoms with Crippen LogP contribution in [0.2, 0.25) is 0 Å². The van der Waals surface area contributed by atoms with E-state index in [1.165, 1.54) is 6.92 Å². The second-order valence-electron chi connectivity index (χ2n) is 4.26. The van der Waals surface area contributed by atoms with E-state index in [2.05, 4.69) is 0 Å². The molecule has 3 atom stereocenters. The van der Waals surface area contributed by atoms with Crippen molar-refractivity contribution in [2.75, 3.05) is 0 Å². The number of aliphatic hydroxyl groups is 1. The number of primary amides is 1. The van der Waals surface area contributed by atoms with Crippen molar-refractivity contribution in [1.29, 1.82) is 0 Å². The summed E-state index contributed by atoms with van der Waals surface area (Å²) in [4.78, 5) is 11.7. The summed E-state index contributed by atoms with van der Waals surface area (Å²) >= 11 is 0. The number of aryl methyl sites for hydroxylation is 1. The van der Waals surface area contributed by atoms with Gasteiger partial charge in [-0.2, -0.15) is 0 Å². The molecule has 0 aromatic heterocycles. The summed E-state index contributed by atoms with van der Waals surface area (Å²) in [7, 11) is -1.48. The van der Waals surface area contributed by atoms with Gasteiger partial charge in [-0.3, -0.25) is 9.00 Å². The molecule has 0 saturated carbocycles. The molecule has 0 bridgehead atoms. The average Bonchev–Trinajstić information content (AvgIpc) is 2.27. The molecule has 0 aliphatic rings. The van der Waals surface area contributed by atoms with Crippen molar-refractivity contribution in [2.45, 2.75) is 36.5 Å². The summed E-state index contributed by atoms with van der Waals surface area (Å²) in [5.74, 6) is -0.870. The SMILES string of the molecule is Cc1ccc(S(=O)[C@@H](C)[C@@](C)(O)C(N)=O)cc1. The first-order valence-corrected chi connectivity index (χ1v) is 6.47. The minimum absolute atomic E-state index is 0.574. The number of carbonyl (C=O) groups excluding carboxylic acids is 1. The minimum Gasteiger partial charge on any atom is -0.379 e. The summed E-state index contributed by atoms with van der Waals surface area (Å²) in [5, 5.41) is 9.12. The Balaban J connectivity index is 2.98. The number of nitrogens with two attached hydrogens (primary N) is 1. The third kappa shape index (κ3) is 2.92. The van der Waals surface area contributed by atoms with E-state index in [0.717, 1.165) is 5.56 Å². The van der Waals surface area contributed by atoms with E-state index in [9.17, 15) is 14.1 Å². The largest absolute Gasteiger partial charge is 0.379 e. The Labute approximate surface area is 103 Å². The van der Waals surface area contributed by atoms with Gasteiger partial charge in [-0.05, 0) is 32.9 Å². The highest BCUT2D eigenvalue weighted by Gasteiger charge is 2.38. The van der Waals surface area contributed by atoms with Crippen molar-refractivity contribution < 1.29 is 14.1 Å². The first-order chi connectivity index (χ1) is 7.76. The van der Waals surface area contributed by atoms with Crippen LogP contribution in [0.5, 0.6) is 0 Å². The van der Waals surface area contributed by atoms with Crippen LogP contribution >= 0.6 is 0 Å². The number of hydrogen-bond acceptors (Lipinski definition) is 3.